The van der Waals surface area contributed by atoms with E-state index >= 15 is 0 Å². The third-order valence-electron chi connectivity index (χ3n) is 3.81. The summed E-state index contributed by atoms with van der Waals surface area (Å²) in [6.45, 7) is 9.73. The van der Waals surface area contributed by atoms with Crippen LogP contribution in [-0.2, 0) is 5.41 Å². The number of benzene rings is 1. The summed E-state index contributed by atoms with van der Waals surface area (Å²) >= 11 is 0. The van der Waals surface area contributed by atoms with Crippen molar-refractivity contribution in [2.45, 2.75) is 45.6 Å². The SMILES string of the molecule is CC(CN)CC(c1ccc(C(C)(C)C)cc1)N(C)C. The van der Waals surface area contributed by atoms with Crippen molar-refractivity contribution < 1.29 is 0 Å². The molecule has 0 aromatic heterocycles. The predicted molar refractivity (Wildman–Crippen MR) is 84.4 cm³/mol. The van der Waals surface area contributed by atoms with Gasteiger partial charge in [0.15, 0.2) is 0 Å². The lowest BCUT2D eigenvalue weighted by Crippen LogP contribution is -2.24. The molecule has 0 bridgehead atoms. The molecular formula is C17H30N2. The normalized spacial score (nSPS) is 15.6. The Morgan fingerprint density at radius 2 is 1.63 bits per heavy atom. The number of nitrogens with zero attached hydrogens (tertiary/aromatic N) is 1. The van der Waals surface area contributed by atoms with E-state index in [4.69, 9.17) is 5.73 Å². The van der Waals surface area contributed by atoms with Crippen LogP contribution in [0.2, 0.25) is 0 Å². The topological polar surface area (TPSA) is 29.3 Å². The van der Waals surface area contributed by atoms with Crippen LogP contribution in [0, 0.1) is 5.92 Å². The summed E-state index contributed by atoms with van der Waals surface area (Å²) < 4.78 is 0. The van der Waals surface area contributed by atoms with E-state index in [-0.39, 0.29) is 5.41 Å². The zero-order valence-corrected chi connectivity index (χ0v) is 13.4. The zero-order valence-electron chi connectivity index (χ0n) is 13.4. The fourth-order valence-electron chi connectivity index (χ4n) is 2.33. The maximum Gasteiger partial charge on any atom is 0.0345 e. The van der Waals surface area contributed by atoms with Gasteiger partial charge >= 0.3 is 0 Å². The van der Waals surface area contributed by atoms with Crippen molar-refractivity contribution in [3.63, 3.8) is 0 Å². The van der Waals surface area contributed by atoms with Gasteiger partial charge < -0.3 is 10.6 Å². The predicted octanol–water partition coefficient (Wildman–Crippen LogP) is 3.57. The maximum absolute atomic E-state index is 5.76. The molecule has 2 nitrogen and oxygen atoms in total. The number of hydrogen-bond acceptors (Lipinski definition) is 2. The number of nitrogens with two attached hydrogens (primary N) is 1. The van der Waals surface area contributed by atoms with Gasteiger partial charge in [-0.3, -0.25) is 0 Å². The molecule has 0 heterocycles. The van der Waals surface area contributed by atoms with Crippen molar-refractivity contribution in [3.05, 3.63) is 35.4 Å². The van der Waals surface area contributed by atoms with Crippen LogP contribution in [0.5, 0.6) is 0 Å². The minimum Gasteiger partial charge on any atom is -0.330 e. The summed E-state index contributed by atoms with van der Waals surface area (Å²) in [4.78, 5) is 2.29. The molecule has 0 spiro atoms. The van der Waals surface area contributed by atoms with Gasteiger partial charge in [0.1, 0.15) is 0 Å². The largest absolute Gasteiger partial charge is 0.330 e. The van der Waals surface area contributed by atoms with Crippen LogP contribution >= 0.6 is 0 Å². The Morgan fingerprint density at radius 3 is 2.00 bits per heavy atom. The molecule has 0 aliphatic carbocycles. The lowest BCUT2D eigenvalue weighted by Gasteiger charge is -2.28. The third-order valence-corrected chi connectivity index (χ3v) is 3.81. The third kappa shape index (κ3) is 4.63. The van der Waals surface area contributed by atoms with E-state index in [1.165, 1.54) is 11.1 Å². The van der Waals surface area contributed by atoms with E-state index < -0.39 is 0 Å². The molecule has 2 N–H and O–H groups in total. The summed E-state index contributed by atoms with van der Waals surface area (Å²) in [7, 11) is 4.29. The minimum atomic E-state index is 0.219. The molecule has 0 saturated heterocycles. The number of hydrogen-bond donors (Lipinski definition) is 1. The molecule has 0 fully saturated rings. The summed E-state index contributed by atoms with van der Waals surface area (Å²) in [6.07, 6.45) is 1.11. The highest BCUT2D eigenvalue weighted by Crippen LogP contribution is 2.28. The Balaban J connectivity index is 2.92. The van der Waals surface area contributed by atoms with E-state index in [9.17, 15) is 0 Å². The van der Waals surface area contributed by atoms with Crippen molar-refractivity contribution in [1.29, 1.82) is 0 Å². The van der Waals surface area contributed by atoms with Gasteiger partial charge in [-0.1, -0.05) is 52.0 Å². The quantitative estimate of drug-likeness (QED) is 0.879. The van der Waals surface area contributed by atoms with E-state index in [0.29, 0.717) is 12.0 Å². The Bertz CT molecular complexity index is 373. The lowest BCUT2D eigenvalue weighted by molar-refractivity contribution is 0.255. The van der Waals surface area contributed by atoms with Crippen molar-refractivity contribution in [2.75, 3.05) is 20.6 Å². The van der Waals surface area contributed by atoms with Gasteiger partial charge in [0.25, 0.3) is 0 Å². The first kappa shape index (κ1) is 16.2. The van der Waals surface area contributed by atoms with Crippen molar-refractivity contribution in [1.82, 2.24) is 4.90 Å². The fraction of sp³-hybridized carbons (Fsp3) is 0.647. The van der Waals surface area contributed by atoms with Crippen LogP contribution in [0.4, 0.5) is 0 Å². The first-order valence-electron chi connectivity index (χ1n) is 7.22. The molecule has 1 aromatic rings. The highest BCUT2D eigenvalue weighted by molar-refractivity contribution is 5.29. The molecule has 0 saturated carbocycles. The Morgan fingerprint density at radius 1 is 1.11 bits per heavy atom. The molecule has 0 amide bonds. The second kappa shape index (κ2) is 6.53. The molecule has 2 heteroatoms. The molecule has 0 aliphatic rings. The van der Waals surface area contributed by atoms with E-state index in [2.05, 4.69) is 71.0 Å². The van der Waals surface area contributed by atoms with Gasteiger partial charge in [0.05, 0.1) is 0 Å². The molecule has 108 valence electrons. The van der Waals surface area contributed by atoms with Gasteiger partial charge in [-0.15, -0.1) is 0 Å². The molecule has 1 aromatic carbocycles. The average molecular weight is 262 g/mol. The Labute approximate surface area is 119 Å². The van der Waals surface area contributed by atoms with Crippen molar-refractivity contribution >= 4 is 0 Å². The zero-order chi connectivity index (χ0) is 14.6. The number of rotatable bonds is 5. The van der Waals surface area contributed by atoms with Crippen molar-refractivity contribution in [2.24, 2.45) is 11.7 Å². The van der Waals surface area contributed by atoms with Gasteiger partial charge in [0, 0.05) is 6.04 Å². The molecule has 19 heavy (non-hydrogen) atoms. The first-order valence-corrected chi connectivity index (χ1v) is 7.22. The van der Waals surface area contributed by atoms with Crippen LogP contribution in [0.1, 0.15) is 51.3 Å². The maximum atomic E-state index is 5.76. The monoisotopic (exact) mass is 262 g/mol. The second-order valence-corrected chi connectivity index (χ2v) is 6.93. The van der Waals surface area contributed by atoms with Crippen LogP contribution < -0.4 is 5.73 Å². The molecule has 2 atom stereocenters. The Hall–Kier alpha value is -0.860. The van der Waals surface area contributed by atoms with Crippen LogP contribution in [0.25, 0.3) is 0 Å². The molecule has 0 radical (unpaired) electrons. The minimum absolute atomic E-state index is 0.219. The second-order valence-electron chi connectivity index (χ2n) is 6.93. The molecule has 1 rings (SSSR count). The fourth-order valence-corrected chi connectivity index (χ4v) is 2.33. The van der Waals surface area contributed by atoms with Crippen molar-refractivity contribution in [3.8, 4) is 0 Å². The van der Waals surface area contributed by atoms with Crippen LogP contribution in [0.3, 0.4) is 0 Å². The van der Waals surface area contributed by atoms with Gasteiger partial charge in [-0.05, 0) is 49.5 Å². The van der Waals surface area contributed by atoms with E-state index in [0.717, 1.165) is 13.0 Å². The average Bonchev–Trinajstić information content (AvgIpc) is 2.34. The smallest absolute Gasteiger partial charge is 0.0345 e. The van der Waals surface area contributed by atoms with Gasteiger partial charge in [-0.25, -0.2) is 0 Å². The summed E-state index contributed by atoms with van der Waals surface area (Å²) in [5, 5.41) is 0. The summed E-state index contributed by atoms with van der Waals surface area (Å²) in [6, 6.07) is 9.52. The lowest BCUT2D eigenvalue weighted by atomic mass is 9.85. The Kier molecular flexibility index (Phi) is 5.57. The van der Waals surface area contributed by atoms with E-state index in [1.54, 1.807) is 0 Å². The highest BCUT2D eigenvalue weighted by Gasteiger charge is 2.18. The molecule has 2 unspecified atom stereocenters. The molecule has 0 aliphatic heterocycles. The van der Waals surface area contributed by atoms with E-state index in [1.807, 2.05) is 0 Å². The summed E-state index contributed by atoms with van der Waals surface area (Å²) in [5.41, 5.74) is 8.76. The van der Waals surface area contributed by atoms with Gasteiger partial charge in [-0.2, -0.15) is 0 Å². The summed E-state index contributed by atoms with van der Waals surface area (Å²) in [5.74, 6) is 0.551. The van der Waals surface area contributed by atoms with Crippen LogP contribution in [0.15, 0.2) is 24.3 Å². The highest BCUT2D eigenvalue weighted by atomic mass is 15.1. The molecular weight excluding hydrogens is 232 g/mol. The first-order chi connectivity index (χ1) is 8.75. The van der Waals surface area contributed by atoms with Crippen LogP contribution in [-0.4, -0.2) is 25.5 Å². The standard InChI is InChI=1S/C17H30N2/c1-13(12-18)11-16(19(5)6)14-7-9-15(10-8-14)17(2,3)4/h7-10,13,16H,11-12,18H2,1-6H3. The van der Waals surface area contributed by atoms with Gasteiger partial charge in [0.2, 0.25) is 0 Å².